The zero-order valence-corrected chi connectivity index (χ0v) is 16.6. The predicted octanol–water partition coefficient (Wildman–Crippen LogP) is 4.74. The minimum Gasteiger partial charge on any atom is -0.423 e. The third kappa shape index (κ3) is 5.37. The highest BCUT2D eigenvalue weighted by Gasteiger charge is 2.08. The second-order valence-corrected chi connectivity index (χ2v) is 6.95. The van der Waals surface area contributed by atoms with Crippen molar-refractivity contribution in [3.05, 3.63) is 99.5 Å². The zero-order valence-electron chi connectivity index (χ0n) is 15.1. The number of ether oxygens (including phenoxy) is 1. The van der Waals surface area contributed by atoms with E-state index in [1.807, 2.05) is 19.1 Å². The molecule has 3 aromatic rings. The number of esters is 1. The van der Waals surface area contributed by atoms with E-state index in [2.05, 4.69) is 26.5 Å². The van der Waals surface area contributed by atoms with Crippen LogP contribution >= 0.6 is 15.9 Å². The van der Waals surface area contributed by atoms with E-state index in [4.69, 9.17) is 4.74 Å². The average molecular weight is 437 g/mol. The van der Waals surface area contributed by atoms with Gasteiger partial charge in [0.15, 0.2) is 0 Å². The van der Waals surface area contributed by atoms with Gasteiger partial charge in [0.25, 0.3) is 5.91 Å². The Labute approximate surface area is 171 Å². The Morgan fingerprint density at radius 1 is 0.964 bits per heavy atom. The molecule has 0 bridgehead atoms. The molecule has 0 radical (unpaired) electrons. The molecule has 1 N–H and O–H groups in total. The van der Waals surface area contributed by atoms with Gasteiger partial charge in [0.2, 0.25) is 0 Å². The summed E-state index contributed by atoms with van der Waals surface area (Å²) in [6, 6.07) is 21.0. The number of carbonyl (C=O) groups excluding carboxylic acids is 2. The number of halogens is 1. The molecule has 0 saturated carbocycles. The highest BCUT2D eigenvalue weighted by Crippen LogP contribution is 2.14. The molecule has 0 spiro atoms. The van der Waals surface area contributed by atoms with Crippen LogP contribution in [0.4, 0.5) is 0 Å². The first-order chi connectivity index (χ1) is 13.5. The van der Waals surface area contributed by atoms with Gasteiger partial charge in [-0.1, -0.05) is 33.6 Å². The fourth-order valence-corrected chi connectivity index (χ4v) is 2.66. The highest BCUT2D eigenvalue weighted by molar-refractivity contribution is 9.10. The number of benzene rings is 3. The van der Waals surface area contributed by atoms with E-state index in [1.165, 1.54) is 6.21 Å². The summed E-state index contributed by atoms with van der Waals surface area (Å²) >= 11 is 3.32. The Morgan fingerprint density at radius 3 is 2.36 bits per heavy atom. The van der Waals surface area contributed by atoms with E-state index in [0.717, 1.165) is 15.6 Å². The fraction of sp³-hybridized carbons (Fsp3) is 0.0455. The van der Waals surface area contributed by atoms with Crippen LogP contribution in [0.5, 0.6) is 5.75 Å². The molecule has 140 valence electrons. The molecule has 0 atom stereocenters. The predicted molar refractivity (Wildman–Crippen MR) is 112 cm³/mol. The summed E-state index contributed by atoms with van der Waals surface area (Å²) in [4.78, 5) is 24.1. The molecule has 0 aliphatic rings. The number of nitrogens with zero attached hydrogens (tertiary/aromatic N) is 1. The van der Waals surface area contributed by atoms with E-state index in [9.17, 15) is 9.59 Å². The molecule has 3 rings (SSSR count). The molecular weight excluding hydrogens is 420 g/mol. The van der Waals surface area contributed by atoms with Crippen LogP contribution in [0.15, 0.2) is 82.4 Å². The van der Waals surface area contributed by atoms with Gasteiger partial charge in [0, 0.05) is 10.0 Å². The lowest BCUT2D eigenvalue weighted by atomic mass is 10.1. The molecule has 0 fully saturated rings. The standard InChI is InChI=1S/C22H17BrN2O3/c1-15-3-2-4-18(13-15)22(27)28-20-11-5-16(6-12-20)14-24-25-21(26)17-7-9-19(23)10-8-17/h2-14H,1H3,(H,25,26)/b24-14+. The number of hydrogen-bond acceptors (Lipinski definition) is 4. The van der Waals surface area contributed by atoms with Gasteiger partial charge in [-0.15, -0.1) is 0 Å². The van der Waals surface area contributed by atoms with Crippen molar-refractivity contribution in [1.82, 2.24) is 5.43 Å². The van der Waals surface area contributed by atoms with Gasteiger partial charge in [-0.2, -0.15) is 5.10 Å². The Balaban J connectivity index is 1.56. The quantitative estimate of drug-likeness (QED) is 0.271. The second kappa shape index (κ2) is 9.10. The normalized spacial score (nSPS) is 10.6. The lowest BCUT2D eigenvalue weighted by molar-refractivity contribution is 0.0734. The number of hydrogen-bond donors (Lipinski definition) is 1. The molecule has 28 heavy (non-hydrogen) atoms. The van der Waals surface area contributed by atoms with Crippen LogP contribution in [0.1, 0.15) is 31.8 Å². The number of aryl methyl sites for hydroxylation is 1. The van der Waals surface area contributed by atoms with E-state index in [1.54, 1.807) is 60.7 Å². The Hall–Kier alpha value is -3.25. The topological polar surface area (TPSA) is 67.8 Å². The van der Waals surface area contributed by atoms with Crippen molar-refractivity contribution in [2.45, 2.75) is 6.92 Å². The number of hydrazone groups is 1. The number of carbonyl (C=O) groups is 2. The lowest BCUT2D eigenvalue weighted by Gasteiger charge is -2.05. The van der Waals surface area contributed by atoms with Crippen LogP contribution in [0.3, 0.4) is 0 Å². The first kappa shape index (κ1) is 19.5. The summed E-state index contributed by atoms with van der Waals surface area (Å²) in [6.45, 7) is 1.92. The zero-order chi connectivity index (χ0) is 19.9. The monoisotopic (exact) mass is 436 g/mol. The molecule has 5 nitrogen and oxygen atoms in total. The molecule has 6 heteroatoms. The average Bonchev–Trinajstić information content (AvgIpc) is 2.69. The van der Waals surface area contributed by atoms with Crippen molar-refractivity contribution in [2.75, 3.05) is 0 Å². The molecule has 0 aliphatic carbocycles. The van der Waals surface area contributed by atoms with Crippen LogP contribution in [0.25, 0.3) is 0 Å². The van der Waals surface area contributed by atoms with Crippen molar-refractivity contribution < 1.29 is 14.3 Å². The maximum Gasteiger partial charge on any atom is 0.343 e. The maximum absolute atomic E-state index is 12.2. The summed E-state index contributed by atoms with van der Waals surface area (Å²) in [7, 11) is 0. The van der Waals surface area contributed by atoms with Crippen molar-refractivity contribution in [3.63, 3.8) is 0 Å². The fourth-order valence-electron chi connectivity index (χ4n) is 2.39. The van der Waals surface area contributed by atoms with Crippen LogP contribution in [-0.2, 0) is 0 Å². The molecule has 0 heterocycles. The van der Waals surface area contributed by atoms with Gasteiger partial charge < -0.3 is 4.74 Å². The van der Waals surface area contributed by atoms with Gasteiger partial charge in [0.1, 0.15) is 5.75 Å². The summed E-state index contributed by atoms with van der Waals surface area (Å²) in [5, 5.41) is 3.94. The second-order valence-electron chi connectivity index (χ2n) is 6.03. The van der Waals surface area contributed by atoms with Crippen molar-refractivity contribution in [3.8, 4) is 5.75 Å². The number of nitrogens with one attached hydrogen (secondary N) is 1. The van der Waals surface area contributed by atoms with Crippen LogP contribution in [-0.4, -0.2) is 18.1 Å². The van der Waals surface area contributed by atoms with Crippen LogP contribution < -0.4 is 10.2 Å². The third-order valence-corrected chi connectivity index (χ3v) is 4.36. The van der Waals surface area contributed by atoms with Gasteiger partial charge in [-0.25, -0.2) is 10.2 Å². The molecule has 0 unspecified atom stereocenters. The van der Waals surface area contributed by atoms with Crippen molar-refractivity contribution in [1.29, 1.82) is 0 Å². The molecule has 0 saturated heterocycles. The molecule has 3 aromatic carbocycles. The SMILES string of the molecule is Cc1cccc(C(=O)Oc2ccc(/C=N/NC(=O)c3ccc(Br)cc3)cc2)c1. The van der Waals surface area contributed by atoms with Crippen LogP contribution in [0, 0.1) is 6.92 Å². The largest absolute Gasteiger partial charge is 0.423 e. The molecule has 1 amide bonds. The Kier molecular flexibility index (Phi) is 6.34. The first-order valence-electron chi connectivity index (χ1n) is 8.49. The van der Waals surface area contributed by atoms with E-state index in [0.29, 0.717) is 16.9 Å². The smallest absolute Gasteiger partial charge is 0.343 e. The minimum atomic E-state index is -0.410. The molecule has 0 aliphatic heterocycles. The first-order valence-corrected chi connectivity index (χ1v) is 9.28. The summed E-state index contributed by atoms with van der Waals surface area (Å²) in [6.07, 6.45) is 1.52. The maximum atomic E-state index is 12.2. The summed E-state index contributed by atoms with van der Waals surface area (Å²) < 4.78 is 6.26. The van der Waals surface area contributed by atoms with E-state index < -0.39 is 5.97 Å². The number of rotatable bonds is 5. The number of amides is 1. The third-order valence-electron chi connectivity index (χ3n) is 3.83. The van der Waals surface area contributed by atoms with Gasteiger partial charge in [0.05, 0.1) is 11.8 Å². The Morgan fingerprint density at radius 2 is 1.68 bits per heavy atom. The van der Waals surface area contributed by atoms with Crippen LogP contribution in [0.2, 0.25) is 0 Å². The van der Waals surface area contributed by atoms with Crippen molar-refractivity contribution in [2.24, 2.45) is 5.10 Å². The minimum absolute atomic E-state index is 0.299. The highest BCUT2D eigenvalue weighted by atomic mass is 79.9. The van der Waals surface area contributed by atoms with Gasteiger partial charge >= 0.3 is 5.97 Å². The molecular formula is C22H17BrN2O3. The van der Waals surface area contributed by atoms with Gasteiger partial charge in [-0.3, -0.25) is 4.79 Å². The Bertz CT molecular complexity index is 1010. The summed E-state index contributed by atoms with van der Waals surface area (Å²) in [5.41, 5.74) is 5.23. The summed E-state index contributed by atoms with van der Waals surface area (Å²) in [5.74, 6) is -0.276. The molecule has 0 aromatic heterocycles. The van der Waals surface area contributed by atoms with Gasteiger partial charge in [-0.05, 0) is 73.2 Å². The van der Waals surface area contributed by atoms with Crippen molar-refractivity contribution >= 4 is 34.0 Å². The van der Waals surface area contributed by atoms with E-state index >= 15 is 0 Å². The van der Waals surface area contributed by atoms with E-state index in [-0.39, 0.29) is 5.91 Å². The lowest BCUT2D eigenvalue weighted by Crippen LogP contribution is -2.17.